The van der Waals surface area contributed by atoms with E-state index in [0.717, 1.165) is 12.2 Å². The quantitative estimate of drug-likeness (QED) is 0.0282. The summed E-state index contributed by atoms with van der Waals surface area (Å²) in [6.45, 7) is 8.58. The smallest absolute Gasteiger partial charge is 0.343 e. The lowest BCUT2D eigenvalue weighted by atomic mass is 10.2. The Morgan fingerprint density at radius 3 is 1.93 bits per heavy atom. The highest BCUT2D eigenvalue weighted by Gasteiger charge is 2.15. The molecule has 0 saturated heterocycles. The molecular formula is C41H46O15. The number of aliphatic hydroxyl groups is 2. The number of ether oxygens (including phenoxy) is 8. The summed E-state index contributed by atoms with van der Waals surface area (Å²) in [5.74, 6) is -1.52. The van der Waals surface area contributed by atoms with E-state index in [1.54, 1.807) is 49.4 Å². The molecule has 0 radical (unpaired) electrons. The van der Waals surface area contributed by atoms with Gasteiger partial charge in [-0.25, -0.2) is 14.4 Å². The van der Waals surface area contributed by atoms with Gasteiger partial charge < -0.3 is 48.1 Å². The molecule has 0 aromatic heterocycles. The zero-order valence-corrected chi connectivity index (χ0v) is 31.1. The molecule has 15 heteroatoms. The van der Waals surface area contributed by atoms with E-state index >= 15 is 0 Å². The van der Waals surface area contributed by atoms with Gasteiger partial charge in [0.1, 0.15) is 42.8 Å². The van der Waals surface area contributed by atoms with Gasteiger partial charge in [0.25, 0.3) is 0 Å². The second-order valence-corrected chi connectivity index (χ2v) is 11.8. The van der Waals surface area contributed by atoms with Crippen molar-refractivity contribution in [3.63, 3.8) is 0 Å². The van der Waals surface area contributed by atoms with E-state index in [1.807, 2.05) is 0 Å². The van der Waals surface area contributed by atoms with Gasteiger partial charge in [0, 0.05) is 30.6 Å². The Kier molecular flexibility index (Phi) is 19.3. The first kappa shape index (κ1) is 44.4. The number of unbranched alkanes of at least 4 members (excludes halogenated alkanes) is 1. The molecule has 0 fully saturated rings. The van der Waals surface area contributed by atoms with Gasteiger partial charge in [0.15, 0.2) is 6.29 Å². The first-order valence-electron chi connectivity index (χ1n) is 17.7. The summed E-state index contributed by atoms with van der Waals surface area (Å²) in [6.07, 6.45) is 1.63. The minimum Gasteiger partial charge on any atom is -0.494 e. The molecule has 3 aromatic rings. The van der Waals surface area contributed by atoms with Crippen molar-refractivity contribution in [1.29, 1.82) is 0 Å². The topological polar surface area (TPSA) is 200 Å². The minimum atomic E-state index is -1.28. The Hall–Kier alpha value is -6.03. The van der Waals surface area contributed by atoms with Crippen LogP contribution < -0.4 is 18.9 Å². The van der Waals surface area contributed by atoms with Crippen LogP contribution in [0.1, 0.15) is 66.3 Å². The number of hydrogen-bond donors (Lipinski definition) is 2. The Bertz CT molecular complexity index is 1750. The van der Waals surface area contributed by atoms with Crippen molar-refractivity contribution in [2.45, 2.75) is 58.0 Å². The molecule has 2 unspecified atom stereocenters. The highest BCUT2D eigenvalue weighted by Crippen LogP contribution is 2.28. The maximum absolute atomic E-state index is 12.8. The lowest BCUT2D eigenvalue weighted by molar-refractivity contribution is -0.150. The molecule has 0 aliphatic carbocycles. The van der Waals surface area contributed by atoms with Crippen molar-refractivity contribution in [3.8, 4) is 23.0 Å². The molecule has 300 valence electrons. The summed E-state index contributed by atoms with van der Waals surface area (Å²) in [6, 6.07) is 17.2. The number of aryl methyl sites for hydroxylation is 1. The van der Waals surface area contributed by atoms with E-state index in [2.05, 4.69) is 13.2 Å². The van der Waals surface area contributed by atoms with Crippen LogP contribution in [0.15, 0.2) is 92.0 Å². The third-order valence-electron chi connectivity index (χ3n) is 7.52. The molecule has 3 rings (SSSR count). The van der Waals surface area contributed by atoms with Gasteiger partial charge in [-0.2, -0.15) is 0 Å². The number of carbonyl (C=O) groups is 5. The Morgan fingerprint density at radius 1 is 0.661 bits per heavy atom. The van der Waals surface area contributed by atoms with E-state index in [1.165, 1.54) is 24.3 Å². The lowest BCUT2D eigenvalue weighted by Crippen LogP contribution is -2.17. The summed E-state index contributed by atoms with van der Waals surface area (Å²) in [5.41, 5.74) is 1.27. The van der Waals surface area contributed by atoms with E-state index in [-0.39, 0.29) is 62.8 Å². The maximum atomic E-state index is 12.8. The van der Waals surface area contributed by atoms with Gasteiger partial charge in [-0.3, -0.25) is 9.59 Å². The third-order valence-corrected chi connectivity index (χ3v) is 7.52. The molecule has 0 amide bonds. The van der Waals surface area contributed by atoms with Gasteiger partial charge >= 0.3 is 29.8 Å². The average molecular weight is 779 g/mol. The van der Waals surface area contributed by atoms with Gasteiger partial charge in [-0.05, 0) is 105 Å². The zero-order valence-electron chi connectivity index (χ0n) is 31.1. The zero-order chi connectivity index (χ0) is 40.7. The largest absolute Gasteiger partial charge is 0.494 e. The number of hydrogen-bond acceptors (Lipinski definition) is 15. The van der Waals surface area contributed by atoms with E-state index in [0.29, 0.717) is 48.5 Å². The van der Waals surface area contributed by atoms with Crippen molar-refractivity contribution in [2.24, 2.45) is 0 Å². The fourth-order valence-corrected chi connectivity index (χ4v) is 4.62. The molecule has 0 heterocycles. The fraction of sp³-hybridized carbons (Fsp3) is 0.341. The first-order chi connectivity index (χ1) is 27.0. The second-order valence-electron chi connectivity index (χ2n) is 11.8. The third kappa shape index (κ3) is 17.0. The van der Waals surface area contributed by atoms with Crippen LogP contribution in [0, 0.1) is 6.92 Å². The highest BCUT2D eigenvalue weighted by atomic mass is 16.6. The van der Waals surface area contributed by atoms with Crippen LogP contribution in [-0.4, -0.2) is 79.4 Å². The molecule has 0 aliphatic heterocycles. The van der Waals surface area contributed by atoms with E-state index < -0.39 is 42.4 Å². The second kappa shape index (κ2) is 24.4. The number of rotatable bonds is 25. The summed E-state index contributed by atoms with van der Waals surface area (Å²) in [4.78, 5) is 58.7. The lowest BCUT2D eigenvalue weighted by Gasteiger charge is -2.16. The number of carbonyl (C=O) groups excluding carboxylic acids is 5. The predicted molar refractivity (Wildman–Crippen MR) is 199 cm³/mol. The Balaban J connectivity index is 1.35. The van der Waals surface area contributed by atoms with Crippen molar-refractivity contribution in [3.05, 3.63) is 109 Å². The van der Waals surface area contributed by atoms with E-state index in [4.69, 9.17) is 37.9 Å². The maximum Gasteiger partial charge on any atom is 0.343 e. The molecule has 2 atom stereocenters. The number of aliphatic hydroxyl groups excluding tert-OH is 2. The Labute approximate surface area is 324 Å². The SMILES string of the molecule is C=CC(=O)OCCOC(=O)CCCC(=O)Oc1ccc(C(=O)Oc2ccc(OC(O)c3ccc(OCCCCC(O)OCCOC(=O)C=C)cc3)cc2C)cc1. The molecule has 15 nitrogen and oxygen atoms in total. The van der Waals surface area contributed by atoms with Gasteiger partial charge in [-0.15, -0.1) is 0 Å². The van der Waals surface area contributed by atoms with Crippen molar-refractivity contribution in [1.82, 2.24) is 0 Å². The normalized spacial score (nSPS) is 11.6. The van der Waals surface area contributed by atoms with Crippen LogP contribution in [0.5, 0.6) is 23.0 Å². The van der Waals surface area contributed by atoms with Gasteiger partial charge in [0.2, 0.25) is 6.29 Å². The van der Waals surface area contributed by atoms with Crippen LogP contribution in [0.2, 0.25) is 0 Å². The van der Waals surface area contributed by atoms with Crippen molar-refractivity contribution in [2.75, 3.05) is 33.0 Å². The molecule has 0 aliphatic rings. The van der Waals surface area contributed by atoms with Gasteiger partial charge in [-0.1, -0.05) is 13.2 Å². The number of benzene rings is 3. The predicted octanol–water partition coefficient (Wildman–Crippen LogP) is 5.25. The average Bonchev–Trinajstić information content (AvgIpc) is 3.19. The summed E-state index contributed by atoms with van der Waals surface area (Å²) < 4.78 is 41.8. The Morgan fingerprint density at radius 2 is 1.27 bits per heavy atom. The summed E-state index contributed by atoms with van der Waals surface area (Å²) in [5, 5.41) is 20.5. The molecule has 56 heavy (non-hydrogen) atoms. The molecule has 2 N–H and O–H groups in total. The van der Waals surface area contributed by atoms with Crippen LogP contribution in [-0.2, 0) is 38.1 Å². The van der Waals surface area contributed by atoms with Crippen molar-refractivity contribution < 1.29 is 72.1 Å². The molecule has 3 aromatic carbocycles. The van der Waals surface area contributed by atoms with Gasteiger partial charge in [0.05, 0.1) is 18.8 Å². The van der Waals surface area contributed by atoms with Crippen molar-refractivity contribution >= 4 is 29.8 Å². The highest BCUT2D eigenvalue weighted by molar-refractivity contribution is 5.91. The minimum absolute atomic E-state index is 0.0250. The molecule has 0 bridgehead atoms. The molecule has 0 spiro atoms. The standard InChI is InChI=1S/C41H46O15/c1-4-35(42)50-23-25-52-37(44)9-6-7-22-49-31-16-12-29(13-17-31)40(47)55-33-20-21-34(28(3)27-33)56-41(48)30-14-18-32(19-15-30)54-39(46)11-8-10-38(45)53-26-24-51-36(43)5-2/h4-5,12-21,27,37,40,44,47H,1-2,6-11,22-26H2,3H3. The molecular weight excluding hydrogens is 732 g/mol. The summed E-state index contributed by atoms with van der Waals surface area (Å²) >= 11 is 0. The van der Waals surface area contributed by atoms with Crippen LogP contribution in [0.3, 0.4) is 0 Å². The molecule has 0 saturated carbocycles. The van der Waals surface area contributed by atoms with Crippen LogP contribution in [0.25, 0.3) is 0 Å². The van der Waals surface area contributed by atoms with Crippen LogP contribution >= 0.6 is 0 Å². The number of esters is 5. The summed E-state index contributed by atoms with van der Waals surface area (Å²) in [7, 11) is 0. The fourth-order valence-electron chi connectivity index (χ4n) is 4.62. The van der Waals surface area contributed by atoms with E-state index in [9.17, 15) is 34.2 Å². The monoisotopic (exact) mass is 778 g/mol. The van der Waals surface area contributed by atoms with Crippen LogP contribution in [0.4, 0.5) is 0 Å². The first-order valence-corrected chi connectivity index (χ1v) is 17.7.